The number of aliphatic hydroxyl groups excluding tert-OH is 1. The van der Waals surface area contributed by atoms with Gasteiger partial charge in [-0.15, -0.1) is 0 Å². The Hall–Kier alpha value is -0.760. The molecule has 0 amide bonds. The number of halogens is 1. The summed E-state index contributed by atoms with van der Waals surface area (Å²) >= 11 is 5.47. The third-order valence-electron chi connectivity index (χ3n) is 2.20. The van der Waals surface area contributed by atoms with Gasteiger partial charge in [0.2, 0.25) is 15.3 Å². The highest BCUT2D eigenvalue weighted by molar-refractivity contribution is 7.89. The molecule has 1 unspecified atom stereocenters. The average Bonchev–Trinajstić information content (AvgIpc) is 2.28. The number of rotatable bonds is 6. The van der Waals surface area contributed by atoms with Crippen LogP contribution in [0.2, 0.25) is 5.28 Å². The molecule has 0 aliphatic rings. The van der Waals surface area contributed by atoms with E-state index in [1.54, 1.807) is 0 Å². The summed E-state index contributed by atoms with van der Waals surface area (Å²) < 4.78 is 26.2. The smallest absolute Gasteiger partial charge is 0.243 e. The zero-order chi connectivity index (χ0) is 12.9. The van der Waals surface area contributed by atoms with Crippen LogP contribution in [0.3, 0.4) is 0 Å². The van der Waals surface area contributed by atoms with Gasteiger partial charge in [0.25, 0.3) is 0 Å². The molecule has 1 aromatic heterocycles. The van der Waals surface area contributed by atoms with Crippen LogP contribution in [0.4, 0.5) is 0 Å². The van der Waals surface area contributed by atoms with Crippen LogP contribution in [-0.2, 0) is 10.0 Å². The summed E-state index contributed by atoms with van der Waals surface area (Å²) in [5.74, 6) is 0. The Morgan fingerprint density at radius 1 is 1.47 bits per heavy atom. The van der Waals surface area contributed by atoms with Crippen LogP contribution in [0.5, 0.6) is 0 Å². The van der Waals surface area contributed by atoms with Crippen LogP contribution in [0.15, 0.2) is 17.3 Å². The molecule has 0 saturated heterocycles. The quantitative estimate of drug-likeness (QED) is 0.743. The lowest BCUT2D eigenvalue weighted by Gasteiger charge is -2.15. The minimum atomic E-state index is -3.66. The van der Waals surface area contributed by atoms with Crippen molar-refractivity contribution < 1.29 is 13.5 Å². The molecule has 0 aromatic carbocycles. The Morgan fingerprint density at radius 3 is 2.53 bits per heavy atom. The van der Waals surface area contributed by atoms with Gasteiger partial charge in [-0.3, -0.25) is 0 Å². The normalized spacial score (nSPS) is 13.6. The number of sulfonamides is 1. The van der Waals surface area contributed by atoms with Crippen molar-refractivity contribution in [3.8, 4) is 0 Å². The molecule has 0 spiro atoms. The number of nitrogens with one attached hydrogen (secondary N) is 1. The molecule has 1 atom stereocenters. The molecule has 1 aromatic rings. The topological polar surface area (TPSA) is 92.2 Å². The molecule has 0 radical (unpaired) electrons. The lowest BCUT2D eigenvalue weighted by Crippen LogP contribution is -2.35. The molecule has 6 nitrogen and oxygen atoms in total. The van der Waals surface area contributed by atoms with E-state index in [9.17, 15) is 8.42 Å². The zero-order valence-electron chi connectivity index (χ0n) is 9.30. The third-order valence-corrected chi connectivity index (χ3v) is 3.87. The summed E-state index contributed by atoms with van der Waals surface area (Å²) in [7, 11) is -3.66. The first kappa shape index (κ1) is 14.3. The molecule has 96 valence electrons. The minimum Gasteiger partial charge on any atom is -0.396 e. The molecule has 8 heteroatoms. The summed E-state index contributed by atoms with van der Waals surface area (Å²) in [6.07, 6.45) is 3.24. The number of hydrogen-bond acceptors (Lipinski definition) is 5. The van der Waals surface area contributed by atoms with E-state index < -0.39 is 10.0 Å². The minimum absolute atomic E-state index is 0.00801. The van der Waals surface area contributed by atoms with Gasteiger partial charge in [-0.25, -0.2) is 23.1 Å². The second kappa shape index (κ2) is 6.25. The number of aliphatic hydroxyl groups is 1. The Kier molecular flexibility index (Phi) is 5.26. The third kappa shape index (κ3) is 4.19. The first-order chi connectivity index (χ1) is 7.99. The monoisotopic (exact) mass is 279 g/mol. The predicted octanol–water partition coefficient (Wildman–Crippen LogP) is 0.569. The molecule has 0 fully saturated rings. The average molecular weight is 280 g/mol. The van der Waals surface area contributed by atoms with Gasteiger partial charge in [0.1, 0.15) is 4.90 Å². The molecule has 1 heterocycles. The van der Waals surface area contributed by atoms with Crippen molar-refractivity contribution in [3.05, 3.63) is 17.7 Å². The Morgan fingerprint density at radius 2 is 2.06 bits per heavy atom. The van der Waals surface area contributed by atoms with E-state index in [1.165, 1.54) is 0 Å². The molecular weight excluding hydrogens is 266 g/mol. The van der Waals surface area contributed by atoms with Crippen LogP contribution < -0.4 is 4.72 Å². The molecule has 1 rings (SSSR count). The Labute approximate surface area is 105 Å². The van der Waals surface area contributed by atoms with Gasteiger partial charge in [0.05, 0.1) is 12.4 Å². The highest BCUT2D eigenvalue weighted by atomic mass is 35.5. The van der Waals surface area contributed by atoms with E-state index >= 15 is 0 Å². The van der Waals surface area contributed by atoms with Gasteiger partial charge >= 0.3 is 0 Å². The maximum atomic E-state index is 11.9. The van der Waals surface area contributed by atoms with Crippen molar-refractivity contribution in [1.82, 2.24) is 14.7 Å². The van der Waals surface area contributed by atoms with Gasteiger partial charge < -0.3 is 5.11 Å². The largest absolute Gasteiger partial charge is 0.396 e. The van der Waals surface area contributed by atoms with Crippen molar-refractivity contribution in [2.75, 3.05) is 6.61 Å². The summed E-state index contributed by atoms with van der Waals surface area (Å²) in [6.45, 7) is 1.76. The van der Waals surface area contributed by atoms with Gasteiger partial charge in [0.15, 0.2) is 0 Å². The van der Waals surface area contributed by atoms with E-state index in [-0.39, 0.29) is 22.8 Å². The highest BCUT2D eigenvalue weighted by Gasteiger charge is 2.19. The number of aromatic nitrogens is 2. The summed E-state index contributed by atoms with van der Waals surface area (Å²) in [5, 5.41) is 8.79. The van der Waals surface area contributed by atoms with Gasteiger partial charge in [-0.2, -0.15) is 0 Å². The fraction of sp³-hybridized carbons (Fsp3) is 0.556. The maximum absolute atomic E-state index is 11.9. The molecule has 0 aliphatic heterocycles. The Bertz CT molecular complexity index is 449. The van der Waals surface area contributed by atoms with Crippen molar-refractivity contribution in [3.63, 3.8) is 0 Å². The summed E-state index contributed by atoms with van der Waals surface area (Å²) in [6, 6.07) is -0.305. The van der Waals surface area contributed by atoms with E-state index in [1.807, 2.05) is 6.92 Å². The first-order valence-corrected chi connectivity index (χ1v) is 6.96. The Balaban J connectivity index is 2.84. The molecule has 0 aliphatic carbocycles. The number of hydrogen-bond donors (Lipinski definition) is 2. The lowest BCUT2D eigenvalue weighted by molar-refractivity contribution is 0.270. The zero-order valence-corrected chi connectivity index (χ0v) is 10.9. The standard InChI is InChI=1S/C9H14ClN3O3S/c1-2-7(3-4-14)13-17(15,16)8-5-11-9(10)12-6-8/h5-7,13-14H,2-4H2,1H3. The second-order valence-corrected chi connectivity index (χ2v) is 5.48. The molecule has 17 heavy (non-hydrogen) atoms. The highest BCUT2D eigenvalue weighted by Crippen LogP contribution is 2.10. The maximum Gasteiger partial charge on any atom is 0.243 e. The van der Waals surface area contributed by atoms with Crippen LogP contribution in [-0.4, -0.2) is 36.1 Å². The lowest BCUT2D eigenvalue weighted by atomic mass is 10.2. The van der Waals surface area contributed by atoms with E-state index in [0.29, 0.717) is 12.8 Å². The predicted molar refractivity (Wildman–Crippen MR) is 63.1 cm³/mol. The van der Waals surface area contributed by atoms with Gasteiger partial charge in [-0.1, -0.05) is 6.92 Å². The number of nitrogens with zero attached hydrogens (tertiary/aromatic N) is 2. The molecule has 2 N–H and O–H groups in total. The van der Waals surface area contributed by atoms with Crippen molar-refractivity contribution >= 4 is 21.6 Å². The van der Waals surface area contributed by atoms with Crippen molar-refractivity contribution in [2.45, 2.75) is 30.7 Å². The van der Waals surface area contributed by atoms with Crippen LogP contribution in [0.25, 0.3) is 0 Å². The van der Waals surface area contributed by atoms with Gasteiger partial charge in [0, 0.05) is 12.6 Å². The van der Waals surface area contributed by atoms with E-state index in [2.05, 4.69) is 14.7 Å². The van der Waals surface area contributed by atoms with Crippen LogP contribution >= 0.6 is 11.6 Å². The SMILES string of the molecule is CCC(CCO)NS(=O)(=O)c1cnc(Cl)nc1. The first-order valence-electron chi connectivity index (χ1n) is 5.10. The molecular formula is C9H14ClN3O3S. The summed E-state index contributed by atoms with van der Waals surface area (Å²) in [4.78, 5) is 7.18. The van der Waals surface area contributed by atoms with Crippen LogP contribution in [0.1, 0.15) is 19.8 Å². The fourth-order valence-corrected chi connectivity index (χ4v) is 2.57. The van der Waals surface area contributed by atoms with E-state index in [0.717, 1.165) is 12.4 Å². The molecule has 0 saturated carbocycles. The van der Waals surface area contributed by atoms with Crippen molar-refractivity contribution in [1.29, 1.82) is 0 Å². The van der Waals surface area contributed by atoms with E-state index in [4.69, 9.17) is 16.7 Å². The molecule has 0 bridgehead atoms. The fourth-order valence-electron chi connectivity index (χ4n) is 1.23. The van der Waals surface area contributed by atoms with Crippen molar-refractivity contribution in [2.24, 2.45) is 0 Å². The van der Waals surface area contributed by atoms with Gasteiger partial charge in [-0.05, 0) is 24.4 Å². The van der Waals surface area contributed by atoms with Crippen LogP contribution in [0, 0.1) is 0 Å². The second-order valence-electron chi connectivity index (χ2n) is 3.43. The summed E-state index contributed by atoms with van der Waals surface area (Å²) in [5.41, 5.74) is 0.